The summed E-state index contributed by atoms with van der Waals surface area (Å²) in [5, 5.41) is 17.7. The van der Waals surface area contributed by atoms with Crippen LogP contribution >= 0.6 is 11.6 Å². The van der Waals surface area contributed by atoms with Crippen LogP contribution in [0.3, 0.4) is 0 Å². The summed E-state index contributed by atoms with van der Waals surface area (Å²) in [6.07, 6.45) is -4.92. The predicted molar refractivity (Wildman–Crippen MR) is 53.0 cm³/mol. The van der Waals surface area contributed by atoms with Crippen molar-refractivity contribution in [3.05, 3.63) is 38.9 Å². The summed E-state index contributed by atoms with van der Waals surface area (Å²) in [6, 6.07) is 1.76. The van der Waals surface area contributed by atoms with Gasteiger partial charge in [0, 0.05) is 6.07 Å². The number of hydrogen-bond donors (Lipinski definition) is 0. The lowest BCUT2D eigenvalue weighted by atomic mass is 10.0. The minimum Gasteiger partial charge on any atom is -0.275 e. The number of nitrogens with zero attached hydrogens (tertiary/aromatic N) is 2. The van der Waals surface area contributed by atoms with Gasteiger partial charge in [0.05, 0.1) is 16.1 Å². The van der Waals surface area contributed by atoms with Crippen LogP contribution in [0, 0.1) is 21.4 Å². The molecule has 0 heterocycles. The van der Waals surface area contributed by atoms with Crippen LogP contribution in [0.4, 0.5) is 18.9 Å². The van der Waals surface area contributed by atoms with Crippen molar-refractivity contribution in [2.75, 3.05) is 0 Å². The molecule has 0 atom stereocenters. The highest BCUT2D eigenvalue weighted by atomic mass is 35.5. The number of benzene rings is 1. The first kappa shape index (κ1) is 13.9. The quantitative estimate of drug-likeness (QED) is 0.473. The first-order valence-corrected chi connectivity index (χ1v) is 4.56. The highest BCUT2D eigenvalue weighted by molar-refractivity contribution is 6.68. The number of hydrogen-bond acceptors (Lipinski definition) is 4. The highest BCUT2D eigenvalue weighted by Gasteiger charge is 2.36. The van der Waals surface area contributed by atoms with Gasteiger partial charge in [0.15, 0.2) is 0 Å². The molecule has 0 unspecified atom stereocenters. The van der Waals surface area contributed by atoms with Crippen LogP contribution in [0.2, 0.25) is 0 Å². The first-order chi connectivity index (χ1) is 8.18. The molecule has 0 fully saturated rings. The minimum absolute atomic E-state index is 0.200. The zero-order chi connectivity index (χ0) is 14.1. The maximum Gasteiger partial charge on any atom is 0.417 e. The van der Waals surface area contributed by atoms with Crippen LogP contribution in [0.1, 0.15) is 21.5 Å². The number of nitro groups is 1. The Morgan fingerprint density at radius 2 is 2.00 bits per heavy atom. The standard InChI is InChI=1S/C9H2ClF3N2O3/c10-8(16)5-2-6(9(11,12)13)4(3-14)1-7(5)15(17)18/h1-2H. The lowest BCUT2D eigenvalue weighted by molar-refractivity contribution is -0.385. The summed E-state index contributed by atoms with van der Waals surface area (Å²) in [7, 11) is 0. The summed E-state index contributed by atoms with van der Waals surface area (Å²) in [4.78, 5) is 20.3. The Bertz CT molecular complexity index is 578. The molecule has 0 spiro atoms. The molecule has 0 aliphatic rings. The fourth-order valence-electron chi connectivity index (χ4n) is 1.22. The molecule has 1 aromatic carbocycles. The molecule has 94 valence electrons. The minimum atomic E-state index is -4.92. The number of nitriles is 1. The Hall–Kier alpha value is -2.14. The molecule has 0 saturated heterocycles. The molecule has 0 aromatic heterocycles. The van der Waals surface area contributed by atoms with Crippen LogP contribution in [0.15, 0.2) is 12.1 Å². The van der Waals surface area contributed by atoms with E-state index in [1.165, 1.54) is 6.07 Å². The van der Waals surface area contributed by atoms with Gasteiger partial charge in [0.2, 0.25) is 0 Å². The van der Waals surface area contributed by atoms with Crippen LogP contribution in [0.25, 0.3) is 0 Å². The highest BCUT2D eigenvalue weighted by Crippen LogP contribution is 2.35. The van der Waals surface area contributed by atoms with E-state index in [-0.39, 0.29) is 6.07 Å². The average Bonchev–Trinajstić information content (AvgIpc) is 2.25. The average molecular weight is 279 g/mol. The summed E-state index contributed by atoms with van der Waals surface area (Å²) in [5.41, 5.74) is -4.25. The molecule has 0 radical (unpaired) electrons. The Labute approximate surface area is 103 Å². The maximum absolute atomic E-state index is 12.5. The molecule has 0 aliphatic carbocycles. The van der Waals surface area contributed by atoms with Crippen molar-refractivity contribution in [1.82, 2.24) is 0 Å². The molecule has 18 heavy (non-hydrogen) atoms. The lowest BCUT2D eigenvalue weighted by Crippen LogP contribution is -2.11. The van der Waals surface area contributed by atoms with Crippen molar-refractivity contribution < 1.29 is 22.9 Å². The third-order valence-corrected chi connectivity index (χ3v) is 2.17. The lowest BCUT2D eigenvalue weighted by Gasteiger charge is -2.09. The second-order valence-corrected chi connectivity index (χ2v) is 3.40. The third kappa shape index (κ3) is 2.57. The SMILES string of the molecule is N#Cc1cc([N+](=O)[O-])c(C(=O)Cl)cc1C(F)(F)F. The molecule has 0 N–H and O–H groups in total. The Balaban J connectivity index is 3.69. The zero-order valence-electron chi connectivity index (χ0n) is 8.29. The van der Waals surface area contributed by atoms with E-state index in [0.29, 0.717) is 6.07 Å². The second-order valence-electron chi connectivity index (χ2n) is 3.06. The summed E-state index contributed by atoms with van der Waals surface area (Å²) in [5.74, 6) is 0. The molecular weight excluding hydrogens is 277 g/mol. The zero-order valence-corrected chi connectivity index (χ0v) is 9.04. The van der Waals surface area contributed by atoms with Gasteiger partial charge in [-0.25, -0.2) is 0 Å². The van der Waals surface area contributed by atoms with E-state index in [1.54, 1.807) is 0 Å². The Morgan fingerprint density at radius 1 is 1.44 bits per heavy atom. The molecule has 0 amide bonds. The van der Waals surface area contributed by atoms with Gasteiger partial charge in [-0.2, -0.15) is 18.4 Å². The summed E-state index contributed by atoms with van der Waals surface area (Å²) < 4.78 is 37.6. The molecule has 5 nitrogen and oxygen atoms in total. The number of carbonyl (C=O) groups is 1. The van der Waals surface area contributed by atoms with E-state index in [9.17, 15) is 28.1 Å². The number of carbonyl (C=O) groups excluding carboxylic acids is 1. The molecule has 9 heteroatoms. The fraction of sp³-hybridized carbons (Fsp3) is 0.111. The monoisotopic (exact) mass is 278 g/mol. The van der Waals surface area contributed by atoms with Gasteiger partial charge in [-0.1, -0.05) is 0 Å². The van der Waals surface area contributed by atoms with Crippen LogP contribution < -0.4 is 0 Å². The normalized spacial score (nSPS) is 10.8. The number of rotatable bonds is 2. The van der Waals surface area contributed by atoms with Crippen molar-refractivity contribution in [3.8, 4) is 6.07 Å². The second kappa shape index (κ2) is 4.62. The molecule has 1 rings (SSSR count). The van der Waals surface area contributed by atoms with Gasteiger partial charge >= 0.3 is 6.18 Å². The summed E-state index contributed by atoms with van der Waals surface area (Å²) >= 11 is 4.98. The van der Waals surface area contributed by atoms with E-state index >= 15 is 0 Å². The van der Waals surface area contributed by atoms with Gasteiger partial charge in [-0.05, 0) is 17.7 Å². The molecule has 0 saturated carbocycles. The van der Waals surface area contributed by atoms with E-state index in [2.05, 4.69) is 0 Å². The number of alkyl halides is 3. The number of halogens is 4. The van der Waals surface area contributed by atoms with Crippen LogP contribution in [0.5, 0.6) is 0 Å². The molecule has 0 aliphatic heterocycles. The predicted octanol–water partition coefficient (Wildman–Crippen LogP) is 2.86. The van der Waals surface area contributed by atoms with E-state index < -0.39 is 38.7 Å². The largest absolute Gasteiger partial charge is 0.417 e. The van der Waals surface area contributed by atoms with Crippen molar-refractivity contribution in [2.45, 2.75) is 6.18 Å². The van der Waals surface area contributed by atoms with Crippen LogP contribution in [-0.4, -0.2) is 10.2 Å². The number of nitro benzene ring substituents is 1. The Kier molecular flexibility index (Phi) is 3.57. The van der Waals surface area contributed by atoms with Gasteiger partial charge in [-0.3, -0.25) is 14.9 Å². The summed E-state index contributed by atoms with van der Waals surface area (Å²) in [6.45, 7) is 0. The van der Waals surface area contributed by atoms with Crippen molar-refractivity contribution in [1.29, 1.82) is 5.26 Å². The van der Waals surface area contributed by atoms with Gasteiger partial charge in [0.1, 0.15) is 11.6 Å². The molecule has 1 aromatic rings. The molecule has 0 bridgehead atoms. The smallest absolute Gasteiger partial charge is 0.275 e. The fourth-order valence-corrected chi connectivity index (χ4v) is 1.38. The maximum atomic E-state index is 12.5. The topological polar surface area (TPSA) is 84.0 Å². The van der Waals surface area contributed by atoms with Crippen molar-refractivity contribution in [3.63, 3.8) is 0 Å². The van der Waals surface area contributed by atoms with Gasteiger partial charge in [0.25, 0.3) is 10.9 Å². The molecular formula is C9H2ClF3N2O3. The van der Waals surface area contributed by atoms with Crippen molar-refractivity contribution in [2.24, 2.45) is 0 Å². The van der Waals surface area contributed by atoms with Crippen molar-refractivity contribution >= 4 is 22.5 Å². The van der Waals surface area contributed by atoms with Crippen LogP contribution in [-0.2, 0) is 6.18 Å². The van der Waals surface area contributed by atoms with E-state index in [1.807, 2.05) is 0 Å². The van der Waals surface area contributed by atoms with Gasteiger partial charge < -0.3 is 0 Å². The van der Waals surface area contributed by atoms with E-state index in [4.69, 9.17) is 16.9 Å². The van der Waals surface area contributed by atoms with E-state index in [0.717, 1.165) is 0 Å². The third-order valence-electron chi connectivity index (χ3n) is 1.97. The van der Waals surface area contributed by atoms with Gasteiger partial charge in [-0.15, -0.1) is 0 Å². The first-order valence-electron chi connectivity index (χ1n) is 4.18. The Morgan fingerprint density at radius 3 is 2.33 bits per heavy atom.